The van der Waals surface area contributed by atoms with Gasteiger partial charge >= 0.3 is 0 Å². The van der Waals surface area contributed by atoms with Crippen LogP contribution in [0.25, 0.3) is 0 Å². The lowest BCUT2D eigenvalue weighted by Crippen LogP contribution is -2.24. The zero-order chi connectivity index (χ0) is 12.6. The van der Waals surface area contributed by atoms with Gasteiger partial charge in [-0.05, 0) is 45.4 Å². The Morgan fingerprint density at radius 3 is 2.72 bits per heavy atom. The summed E-state index contributed by atoms with van der Waals surface area (Å²) in [7, 11) is 0. The molecule has 0 aromatic carbocycles. The van der Waals surface area contributed by atoms with Crippen LogP contribution in [0.15, 0.2) is 0 Å². The van der Waals surface area contributed by atoms with Crippen molar-refractivity contribution < 1.29 is 4.74 Å². The average molecular weight is 267 g/mol. The second-order valence-electron chi connectivity index (χ2n) is 5.51. The molecule has 1 saturated heterocycles. The first-order valence-electron chi connectivity index (χ1n) is 6.89. The van der Waals surface area contributed by atoms with E-state index in [-0.39, 0.29) is 5.60 Å². The molecule has 2 heterocycles. The zero-order valence-electron chi connectivity index (χ0n) is 10.8. The minimum atomic E-state index is -0.328. The SMILES string of the molecule is CC1(c2nc(Cl)c3c(n2)CCCCC3)CCCO1. The molecule has 1 atom stereocenters. The molecule has 1 aliphatic heterocycles. The topological polar surface area (TPSA) is 35.0 Å². The van der Waals surface area contributed by atoms with Gasteiger partial charge in [-0.1, -0.05) is 18.0 Å². The maximum Gasteiger partial charge on any atom is 0.161 e. The summed E-state index contributed by atoms with van der Waals surface area (Å²) >= 11 is 6.35. The van der Waals surface area contributed by atoms with Crippen LogP contribution in [0.4, 0.5) is 0 Å². The van der Waals surface area contributed by atoms with Crippen molar-refractivity contribution in [2.75, 3.05) is 6.61 Å². The summed E-state index contributed by atoms with van der Waals surface area (Å²) in [5.41, 5.74) is 1.99. The fourth-order valence-electron chi connectivity index (χ4n) is 2.92. The third kappa shape index (κ3) is 2.14. The molecule has 1 unspecified atom stereocenters. The number of aromatic nitrogens is 2. The van der Waals surface area contributed by atoms with Gasteiger partial charge in [0.1, 0.15) is 10.8 Å². The number of aryl methyl sites for hydroxylation is 1. The standard InChI is InChI=1S/C14H19ClN2O/c1-14(8-5-9-18-14)13-16-11-7-4-2-3-6-10(11)12(15)17-13/h2-9H2,1H3. The molecule has 1 aliphatic carbocycles. The van der Waals surface area contributed by atoms with Gasteiger partial charge in [-0.3, -0.25) is 0 Å². The highest BCUT2D eigenvalue weighted by Gasteiger charge is 2.35. The van der Waals surface area contributed by atoms with Gasteiger partial charge in [0.2, 0.25) is 0 Å². The molecule has 0 N–H and O–H groups in total. The Morgan fingerprint density at radius 1 is 1.11 bits per heavy atom. The number of halogens is 1. The van der Waals surface area contributed by atoms with Gasteiger partial charge in [-0.15, -0.1) is 0 Å². The van der Waals surface area contributed by atoms with Crippen molar-refractivity contribution in [1.82, 2.24) is 9.97 Å². The highest BCUT2D eigenvalue weighted by atomic mass is 35.5. The molecule has 0 saturated carbocycles. The van der Waals surface area contributed by atoms with Crippen LogP contribution in [0, 0.1) is 0 Å². The third-order valence-corrected chi connectivity index (χ3v) is 4.39. The van der Waals surface area contributed by atoms with Crippen molar-refractivity contribution in [2.45, 2.75) is 57.5 Å². The number of ether oxygens (including phenoxy) is 1. The van der Waals surface area contributed by atoms with Crippen LogP contribution in [0.3, 0.4) is 0 Å². The van der Waals surface area contributed by atoms with Crippen molar-refractivity contribution in [3.8, 4) is 0 Å². The molecule has 98 valence electrons. The third-order valence-electron chi connectivity index (χ3n) is 4.07. The van der Waals surface area contributed by atoms with Crippen molar-refractivity contribution in [1.29, 1.82) is 0 Å². The van der Waals surface area contributed by atoms with E-state index in [1.165, 1.54) is 24.8 Å². The van der Waals surface area contributed by atoms with Crippen molar-refractivity contribution in [3.63, 3.8) is 0 Å². The molecule has 0 bridgehead atoms. The van der Waals surface area contributed by atoms with Crippen molar-refractivity contribution >= 4 is 11.6 Å². The summed E-state index contributed by atoms with van der Waals surface area (Å²) in [5, 5.41) is 0.647. The average Bonchev–Trinajstić information content (AvgIpc) is 2.66. The fraction of sp³-hybridized carbons (Fsp3) is 0.714. The van der Waals surface area contributed by atoms with E-state index in [1.807, 2.05) is 0 Å². The lowest BCUT2D eigenvalue weighted by atomic mass is 10.0. The Balaban J connectivity index is 2.02. The van der Waals surface area contributed by atoms with Crippen LogP contribution in [0.5, 0.6) is 0 Å². The van der Waals surface area contributed by atoms with Crippen LogP contribution in [0.2, 0.25) is 5.15 Å². The molecule has 3 nitrogen and oxygen atoms in total. The maximum atomic E-state index is 6.35. The van der Waals surface area contributed by atoms with E-state index < -0.39 is 0 Å². The van der Waals surface area contributed by atoms with E-state index in [0.717, 1.165) is 43.8 Å². The van der Waals surface area contributed by atoms with Gasteiger partial charge in [0, 0.05) is 17.9 Å². The first-order chi connectivity index (χ1) is 8.69. The Hall–Kier alpha value is -0.670. The smallest absolute Gasteiger partial charge is 0.161 e. The van der Waals surface area contributed by atoms with Crippen LogP contribution in [-0.2, 0) is 23.2 Å². The molecule has 4 heteroatoms. The second kappa shape index (κ2) is 4.78. The zero-order valence-corrected chi connectivity index (χ0v) is 11.6. The number of fused-ring (bicyclic) bond motifs is 1. The van der Waals surface area contributed by atoms with Gasteiger partial charge in [0.05, 0.1) is 0 Å². The van der Waals surface area contributed by atoms with Crippen LogP contribution >= 0.6 is 11.6 Å². The summed E-state index contributed by atoms with van der Waals surface area (Å²) < 4.78 is 5.82. The fourth-order valence-corrected chi connectivity index (χ4v) is 3.20. The predicted octanol–water partition coefficient (Wildman–Crippen LogP) is 3.42. The molecule has 1 aromatic rings. The Labute approximate surface area is 113 Å². The summed E-state index contributed by atoms with van der Waals surface area (Å²) in [5.74, 6) is 0.783. The number of nitrogens with zero attached hydrogens (tertiary/aromatic N) is 2. The summed E-state index contributed by atoms with van der Waals surface area (Å²) in [6.07, 6.45) is 7.78. The van der Waals surface area contributed by atoms with E-state index in [4.69, 9.17) is 21.3 Å². The molecule has 2 aliphatic rings. The predicted molar refractivity (Wildman–Crippen MR) is 70.8 cm³/mol. The summed E-state index contributed by atoms with van der Waals surface area (Å²) in [6.45, 7) is 2.88. The van der Waals surface area contributed by atoms with Crippen LogP contribution in [-0.4, -0.2) is 16.6 Å². The van der Waals surface area contributed by atoms with E-state index in [2.05, 4.69) is 11.9 Å². The monoisotopic (exact) mass is 266 g/mol. The molecule has 1 aromatic heterocycles. The quantitative estimate of drug-likeness (QED) is 0.577. The van der Waals surface area contributed by atoms with E-state index in [9.17, 15) is 0 Å². The second-order valence-corrected chi connectivity index (χ2v) is 5.86. The normalized spacial score (nSPS) is 27.9. The van der Waals surface area contributed by atoms with Crippen LogP contribution in [0.1, 0.15) is 56.1 Å². The number of hydrogen-bond donors (Lipinski definition) is 0. The van der Waals surface area contributed by atoms with Gasteiger partial charge in [-0.25, -0.2) is 9.97 Å². The molecule has 3 rings (SSSR count). The van der Waals surface area contributed by atoms with Gasteiger partial charge in [-0.2, -0.15) is 0 Å². The first kappa shape index (κ1) is 12.4. The summed E-state index contributed by atoms with van der Waals surface area (Å²) in [4.78, 5) is 9.28. The van der Waals surface area contributed by atoms with Crippen molar-refractivity contribution in [3.05, 3.63) is 22.2 Å². The Morgan fingerprint density at radius 2 is 1.94 bits per heavy atom. The number of hydrogen-bond acceptors (Lipinski definition) is 3. The summed E-state index contributed by atoms with van der Waals surface area (Å²) in [6, 6.07) is 0. The minimum absolute atomic E-state index is 0.328. The van der Waals surface area contributed by atoms with Gasteiger partial charge in [0.25, 0.3) is 0 Å². The molecule has 1 fully saturated rings. The lowest BCUT2D eigenvalue weighted by Gasteiger charge is -2.22. The van der Waals surface area contributed by atoms with Crippen molar-refractivity contribution in [2.24, 2.45) is 0 Å². The minimum Gasteiger partial charge on any atom is -0.367 e. The molecule has 0 spiro atoms. The van der Waals surface area contributed by atoms with Gasteiger partial charge in [0.15, 0.2) is 5.82 Å². The van der Waals surface area contributed by atoms with E-state index in [1.54, 1.807) is 0 Å². The molecular formula is C14H19ClN2O. The first-order valence-corrected chi connectivity index (χ1v) is 7.26. The lowest BCUT2D eigenvalue weighted by molar-refractivity contribution is 0.00912. The molecular weight excluding hydrogens is 248 g/mol. The molecule has 0 amide bonds. The van der Waals surface area contributed by atoms with Crippen LogP contribution < -0.4 is 0 Å². The molecule has 0 radical (unpaired) electrons. The van der Waals surface area contributed by atoms with E-state index >= 15 is 0 Å². The van der Waals surface area contributed by atoms with E-state index in [0.29, 0.717) is 5.15 Å². The highest BCUT2D eigenvalue weighted by molar-refractivity contribution is 6.30. The largest absolute Gasteiger partial charge is 0.367 e. The highest BCUT2D eigenvalue weighted by Crippen LogP contribution is 2.35. The molecule has 18 heavy (non-hydrogen) atoms. The number of rotatable bonds is 1. The maximum absolute atomic E-state index is 6.35. The van der Waals surface area contributed by atoms with Gasteiger partial charge < -0.3 is 4.74 Å². The Kier molecular flexibility index (Phi) is 3.29. The Bertz CT molecular complexity index is 455.